The van der Waals surface area contributed by atoms with Gasteiger partial charge in [0.05, 0.1) is 13.1 Å². The van der Waals surface area contributed by atoms with Crippen molar-refractivity contribution in [3.8, 4) is 5.75 Å². The maximum atomic E-state index is 12.4. The van der Waals surface area contributed by atoms with Crippen LogP contribution in [0, 0.1) is 0 Å². The van der Waals surface area contributed by atoms with Crippen LogP contribution in [0.15, 0.2) is 54.6 Å². The van der Waals surface area contributed by atoms with Crippen LogP contribution in [-0.2, 0) is 6.54 Å². The van der Waals surface area contributed by atoms with Gasteiger partial charge in [0.25, 0.3) is 5.91 Å². The lowest BCUT2D eigenvalue weighted by molar-refractivity contribution is 0.0443. The summed E-state index contributed by atoms with van der Waals surface area (Å²) < 4.78 is 5.81. The molecule has 6 nitrogen and oxygen atoms in total. The third-order valence-corrected chi connectivity index (χ3v) is 5.22. The number of amides is 3. The molecule has 2 fully saturated rings. The van der Waals surface area contributed by atoms with Crippen LogP contribution < -0.4 is 10.1 Å². The highest BCUT2D eigenvalue weighted by atomic mass is 16.5. The molecule has 6 heteroatoms. The van der Waals surface area contributed by atoms with E-state index in [2.05, 4.69) is 5.32 Å². The predicted molar refractivity (Wildman–Crippen MR) is 106 cm³/mol. The van der Waals surface area contributed by atoms with Gasteiger partial charge in [-0.15, -0.1) is 0 Å². The fraction of sp³-hybridized carbons (Fsp3) is 0.364. The molecule has 2 aliphatic heterocycles. The van der Waals surface area contributed by atoms with E-state index in [4.69, 9.17) is 4.74 Å². The summed E-state index contributed by atoms with van der Waals surface area (Å²) >= 11 is 0. The van der Waals surface area contributed by atoms with Crippen molar-refractivity contribution < 1.29 is 14.3 Å². The number of benzene rings is 2. The van der Waals surface area contributed by atoms with Crippen LogP contribution in [0.2, 0.25) is 0 Å². The Bertz CT molecular complexity index is 811. The molecule has 28 heavy (non-hydrogen) atoms. The summed E-state index contributed by atoms with van der Waals surface area (Å²) in [4.78, 5) is 28.2. The summed E-state index contributed by atoms with van der Waals surface area (Å²) in [7, 11) is 0. The maximum absolute atomic E-state index is 12.4. The SMILES string of the molecule is O=C(NCc1ccc(C(=O)N2CCCC2)cc1)N1CC(Oc2ccccc2)C1. The Morgan fingerprint density at radius 1 is 0.929 bits per heavy atom. The van der Waals surface area contributed by atoms with Gasteiger partial charge in [-0.1, -0.05) is 30.3 Å². The number of nitrogens with one attached hydrogen (secondary N) is 1. The molecule has 0 bridgehead atoms. The normalized spacial score (nSPS) is 16.6. The standard InChI is InChI=1S/C22H25N3O3/c26-21(24-12-4-5-13-24)18-10-8-17(9-11-18)14-23-22(27)25-15-20(16-25)28-19-6-2-1-3-7-19/h1-3,6-11,20H,4-5,12-16H2,(H,23,27). The van der Waals surface area contributed by atoms with Crippen molar-refractivity contribution in [2.45, 2.75) is 25.5 Å². The molecule has 2 aromatic rings. The minimum absolute atomic E-state index is 0.0454. The van der Waals surface area contributed by atoms with E-state index in [0.29, 0.717) is 25.2 Å². The fourth-order valence-corrected chi connectivity index (χ4v) is 3.53. The monoisotopic (exact) mass is 379 g/mol. The molecule has 0 saturated carbocycles. The van der Waals surface area contributed by atoms with E-state index in [1.54, 1.807) is 4.90 Å². The molecule has 0 radical (unpaired) electrons. The van der Waals surface area contributed by atoms with E-state index in [9.17, 15) is 9.59 Å². The van der Waals surface area contributed by atoms with Gasteiger partial charge in [0.2, 0.25) is 0 Å². The number of carbonyl (C=O) groups is 2. The van der Waals surface area contributed by atoms with Crippen molar-refractivity contribution >= 4 is 11.9 Å². The summed E-state index contributed by atoms with van der Waals surface area (Å²) in [6.07, 6.45) is 2.22. The molecule has 0 spiro atoms. The zero-order valence-electron chi connectivity index (χ0n) is 15.8. The second kappa shape index (κ2) is 8.33. The van der Waals surface area contributed by atoms with Gasteiger partial charge in [-0.05, 0) is 42.7 Å². The first kappa shape index (κ1) is 18.3. The topological polar surface area (TPSA) is 61.9 Å². The van der Waals surface area contributed by atoms with Gasteiger partial charge in [0.15, 0.2) is 0 Å². The Morgan fingerprint density at radius 3 is 2.29 bits per heavy atom. The predicted octanol–water partition coefficient (Wildman–Crippen LogP) is 2.90. The molecule has 146 valence electrons. The van der Waals surface area contributed by atoms with E-state index in [-0.39, 0.29) is 18.0 Å². The molecule has 3 amide bonds. The third-order valence-electron chi connectivity index (χ3n) is 5.22. The van der Waals surface area contributed by atoms with E-state index in [0.717, 1.165) is 37.2 Å². The van der Waals surface area contributed by atoms with Crippen molar-refractivity contribution in [3.05, 3.63) is 65.7 Å². The quantitative estimate of drug-likeness (QED) is 0.869. The molecule has 0 atom stereocenters. The molecule has 2 heterocycles. The van der Waals surface area contributed by atoms with Gasteiger partial charge in [-0.3, -0.25) is 4.79 Å². The number of nitrogens with zero attached hydrogens (tertiary/aromatic N) is 2. The smallest absolute Gasteiger partial charge is 0.317 e. The number of rotatable bonds is 5. The minimum atomic E-state index is -0.0925. The number of para-hydroxylation sites is 1. The van der Waals surface area contributed by atoms with Gasteiger partial charge in [0, 0.05) is 25.2 Å². The van der Waals surface area contributed by atoms with Crippen molar-refractivity contribution in [2.24, 2.45) is 0 Å². The van der Waals surface area contributed by atoms with E-state index in [1.807, 2.05) is 59.5 Å². The van der Waals surface area contributed by atoms with Crippen LogP contribution in [0.3, 0.4) is 0 Å². The number of hydrogen-bond donors (Lipinski definition) is 1. The van der Waals surface area contributed by atoms with E-state index < -0.39 is 0 Å². The Balaban J connectivity index is 1.20. The summed E-state index contributed by atoms with van der Waals surface area (Å²) in [6, 6.07) is 17.0. The third kappa shape index (κ3) is 4.27. The zero-order chi connectivity index (χ0) is 19.3. The average molecular weight is 379 g/mol. The number of ether oxygens (including phenoxy) is 1. The van der Waals surface area contributed by atoms with Gasteiger partial charge in [-0.2, -0.15) is 0 Å². The van der Waals surface area contributed by atoms with Gasteiger partial charge >= 0.3 is 6.03 Å². The summed E-state index contributed by atoms with van der Waals surface area (Å²) in [5.41, 5.74) is 1.68. The molecular weight excluding hydrogens is 354 g/mol. The molecular formula is C22H25N3O3. The molecule has 1 N–H and O–H groups in total. The number of hydrogen-bond acceptors (Lipinski definition) is 3. The first-order valence-corrected chi connectivity index (χ1v) is 9.82. The van der Waals surface area contributed by atoms with Crippen molar-refractivity contribution in [1.82, 2.24) is 15.1 Å². The Labute approximate surface area is 165 Å². The molecule has 2 aromatic carbocycles. The van der Waals surface area contributed by atoms with Crippen LogP contribution in [0.4, 0.5) is 4.79 Å². The molecule has 0 aliphatic carbocycles. The molecule has 0 unspecified atom stereocenters. The Morgan fingerprint density at radius 2 is 1.61 bits per heavy atom. The summed E-state index contributed by atoms with van der Waals surface area (Å²) in [6.45, 7) is 3.31. The van der Waals surface area contributed by atoms with Crippen molar-refractivity contribution in [3.63, 3.8) is 0 Å². The molecule has 4 rings (SSSR count). The summed E-state index contributed by atoms with van der Waals surface area (Å²) in [5, 5.41) is 2.93. The maximum Gasteiger partial charge on any atom is 0.317 e. The van der Waals surface area contributed by atoms with Crippen LogP contribution in [-0.4, -0.2) is 54.0 Å². The van der Waals surface area contributed by atoms with Gasteiger partial charge in [-0.25, -0.2) is 4.79 Å². The minimum Gasteiger partial charge on any atom is -0.487 e. The highest BCUT2D eigenvalue weighted by Crippen LogP contribution is 2.18. The van der Waals surface area contributed by atoms with Crippen LogP contribution >= 0.6 is 0 Å². The zero-order valence-corrected chi connectivity index (χ0v) is 15.8. The van der Waals surface area contributed by atoms with Crippen LogP contribution in [0.25, 0.3) is 0 Å². The first-order valence-electron chi connectivity index (χ1n) is 9.82. The number of urea groups is 1. The summed E-state index contributed by atoms with van der Waals surface area (Å²) in [5.74, 6) is 0.925. The largest absolute Gasteiger partial charge is 0.487 e. The number of carbonyl (C=O) groups excluding carboxylic acids is 2. The van der Waals surface area contributed by atoms with Crippen molar-refractivity contribution in [1.29, 1.82) is 0 Å². The van der Waals surface area contributed by atoms with E-state index >= 15 is 0 Å². The average Bonchev–Trinajstić information content (AvgIpc) is 3.24. The second-order valence-corrected chi connectivity index (χ2v) is 7.31. The highest BCUT2D eigenvalue weighted by molar-refractivity contribution is 5.94. The fourth-order valence-electron chi connectivity index (χ4n) is 3.53. The lowest BCUT2D eigenvalue weighted by Gasteiger charge is -2.38. The Kier molecular flexibility index (Phi) is 5.46. The van der Waals surface area contributed by atoms with Crippen molar-refractivity contribution in [2.75, 3.05) is 26.2 Å². The van der Waals surface area contributed by atoms with Gasteiger partial charge < -0.3 is 19.9 Å². The Hall–Kier alpha value is -3.02. The number of likely N-dealkylation sites (tertiary alicyclic amines) is 2. The molecule has 0 aromatic heterocycles. The lowest BCUT2D eigenvalue weighted by Crippen LogP contribution is -2.58. The highest BCUT2D eigenvalue weighted by Gasteiger charge is 2.32. The first-order chi connectivity index (χ1) is 13.7. The second-order valence-electron chi connectivity index (χ2n) is 7.31. The van der Waals surface area contributed by atoms with Gasteiger partial charge in [0.1, 0.15) is 11.9 Å². The van der Waals surface area contributed by atoms with Crippen LogP contribution in [0.1, 0.15) is 28.8 Å². The van der Waals surface area contributed by atoms with E-state index in [1.165, 1.54) is 0 Å². The lowest BCUT2D eigenvalue weighted by atomic mass is 10.1. The molecule has 2 saturated heterocycles. The molecule has 2 aliphatic rings. The van der Waals surface area contributed by atoms with Crippen LogP contribution in [0.5, 0.6) is 5.75 Å².